The molecule has 0 aliphatic heterocycles. The average Bonchev–Trinajstić information content (AvgIpc) is 2.80. The number of anilines is 2. The summed E-state index contributed by atoms with van der Waals surface area (Å²) < 4.78 is 26.0. The number of hydrogen-bond donors (Lipinski definition) is 2. The van der Waals surface area contributed by atoms with E-state index in [1.54, 1.807) is 24.4 Å². The molecule has 0 fully saturated rings. The van der Waals surface area contributed by atoms with Gasteiger partial charge in [-0.15, -0.1) is 11.3 Å². The van der Waals surface area contributed by atoms with Gasteiger partial charge in [0, 0.05) is 16.6 Å². The van der Waals surface area contributed by atoms with Gasteiger partial charge in [-0.1, -0.05) is 12.1 Å². The molecule has 108 valence electrons. The van der Waals surface area contributed by atoms with Crippen LogP contribution in [0.1, 0.15) is 0 Å². The van der Waals surface area contributed by atoms with Gasteiger partial charge in [-0.05, 0) is 17.7 Å². The SMILES string of the molecule is CS(=O)(=O)Nc1cccc(-c2csc3cnc(N)nc23)c1. The Morgan fingerprint density at radius 3 is 2.90 bits per heavy atom. The van der Waals surface area contributed by atoms with Crippen molar-refractivity contribution in [2.45, 2.75) is 0 Å². The fraction of sp³-hybridized carbons (Fsp3) is 0.0769. The molecule has 8 heteroatoms. The molecule has 3 aromatic rings. The molecule has 3 N–H and O–H groups in total. The molecule has 0 amide bonds. The Hall–Kier alpha value is -2.19. The van der Waals surface area contributed by atoms with Crippen molar-refractivity contribution in [3.8, 4) is 11.1 Å². The van der Waals surface area contributed by atoms with Crippen molar-refractivity contribution in [1.29, 1.82) is 0 Å². The lowest BCUT2D eigenvalue weighted by molar-refractivity contribution is 0.607. The molecule has 0 unspecified atom stereocenters. The van der Waals surface area contributed by atoms with Gasteiger partial charge in [-0.3, -0.25) is 4.72 Å². The predicted octanol–water partition coefficient (Wildman–Crippen LogP) is 2.31. The normalized spacial score (nSPS) is 11.7. The van der Waals surface area contributed by atoms with Crippen molar-refractivity contribution in [3.05, 3.63) is 35.8 Å². The highest BCUT2D eigenvalue weighted by atomic mass is 32.2. The summed E-state index contributed by atoms with van der Waals surface area (Å²) in [5.74, 6) is 0.215. The van der Waals surface area contributed by atoms with Crippen molar-refractivity contribution >= 4 is 43.2 Å². The van der Waals surface area contributed by atoms with Crippen LogP contribution in [0.25, 0.3) is 21.3 Å². The second-order valence-corrected chi connectivity index (χ2v) is 7.21. The third-order valence-corrected chi connectivity index (χ3v) is 4.32. The summed E-state index contributed by atoms with van der Waals surface area (Å²) in [4.78, 5) is 8.22. The van der Waals surface area contributed by atoms with Gasteiger partial charge in [-0.2, -0.15) is 0 Å². The molecule has 0 spiro atoms. The van der Waals surface area contributed by atoms with Gasteiger partial charge in [0.05, 0.1) is 22.7 Å². The summed E-state index contributed by atoms with van der Waals surface area (Å²) in [6, 6.07) is 7.15. The number of thiophene rings is 1. The molecule has 0 radical (unpaired) electrons. The molecular formula is C13H12N4O2S2. The molecule has 6 nitrogen and oxygen atoms in total. The highest BCUT2D eigenvalue weighted by molar-refractivity contribution is 7.92. The molecule has 0 atom stereocenters. The first-order chi connectivity index (χ1) is 9.92. The highest BCUT2D eigenvalue weighted by Crippen LogP contribution is 2.33. The van der Waals surface area contributed by atoms with Crippen LogP contribution in [0, 0.1) is 0 Å². The zero-order chi connectivity index (χ0) is 15.0. The quantitative estimate of drug-likeness (QED) is 0.771. The van der Waals surface area contributed by atoms with Gasteiger partial charge in [0.1, 0.15) is 0 Å². The fourth-order valence-electron chi connectivity index (χ4n) is 2.01. The van der Waals surface area contributed by atoms with Crippen LogP contribution in [0.5, 0.6) is 0 Å². The number of nitrogens with zero attached hydrogens (tertiary/aromatic N) is 2. The molecule has 2 aromatic heterocycles. The summed E-state index contributed by atoms with van der Waals surface area (Å²) in [5.41, 5.74) is 8.68. The summed E-state index contributed by atoms with van der Waals surface area (Å²) >= 11 is 1.52. The first-order valence-electron chi connectivity index (χ1n) is 6.00. The number of rotatable bonds is 3. The summed E-state index contributed by atoms with van der Waals surface area (Å²) in [7, 11) is -3.30. The summed E-state index contributed by atoms with van der Waals surface area (Å²) in [5, 5.41) is 1.96. The topological polar surface area (TPSA) is 98.0 Å². The molecule has 21 heavy (non-hydrogen) atoms. The van der Waals surface area contributed by atoms with Crippen molar-refractivity contribution < 1.29 is 8.42 Å². The standard InChI is InChI=1S/C13H12N4O2S2/c1-21(18,19)17-9-4-2-3-8(5-9)10-7-20-11-6-15-13(14)16-12(10)11/h2-7,17H,1H3,(H2,14,15,16). The average molecular weight is 320 g/mol. The molecule has 2 heterocycles. The number of fused-ring (bicyclic) bond motifs is 1. The van der Waals surface area contributed by atoms with Crippen LogP contribution in [0.4, 0.5) is 11.6 Å². The second-order valence-electron chi connectivity index (χ2n) is 4.55. The van der Waals surface area contributed by atoms with Crippen molar-refractivity contribution in [1.82, 2.24) is 9.97 Å². The zero-order valence-electron chi connectivity index (χ0n) is 11.1. The number of nitrogen functional groups attached to an aromatic ring is 1. The molecule has 0 aliphatic carbocycles. The van der Waals surface area contributed by atoms with Crippen molar-refractivity contribution in [3.63, 3.8) is 0 Å². The van der Waals surface area contributed by atoms with Crippen LogP contribution in [0.2, 0.25) is 0 Å². The third kappa shape index (κ3) is 2.96. The molecule has 0 aliphatic rings. The van der Waals surface area contributed by atoms with Crippen LogP contribution in [-0.2, 0) is 10.0 Å². The lowest BCUT2D eigenvalue weighted by atomic mass is 10.1. The third-order valence-electron chi connectivity index (χ3n) is 2.81. The van der Waals surface area contributed by atoms with Crippen LogP contribution in [-0.4, -0.2) is 24.6 Å². The van der Waals surface area contributed by atoms with Gasteiger partial charge >= 0.3 is 0 Å². The van der Waals surface area contributed by atoms with E-state index in [4.69, 9.17) is 5.73 Å². The van der Waals surface area contributed by atoms with E-state index >= 15 is 0 Å². The van der Waals surface area contributed by atoms with E-state index < -0.39 is 10.0 Å². The van der Waals surface area contributed by atoms with Crippen LogP contribution in [0.3, 0.4) is 0 Å². The van der Waals surface area contributed by atoms with Crippen LogP contribution >= 0.6 is 11.3 Å². The predicted molar refractivity (Wildman–Crippen MR) is 85.7 cm³/mol. The number of nitrogens with two attached hydrogens (primary N) is 1. The highest BCUT2D eigenvalue weighted by Gasteiger charge is 2.10. The Morgan fingerprint density at radius 1 is 1.33 bits per heavy atom. The fourth-order valence-corrected chi connectivity index (χ4v) is 3.44. The van der Waals surface area contributed by atoms with Gasteiger partial charge in [0.15, 0.2) is 0 Å². The maximum absolute atomic E-state index is 11.3. The largest absolute Gasteiger partial charge is 0.368 e. The molecule has 3 rings (SSSR count). The van der Waals surface area contributed by atoms with Crippen LogP contribution in [0.15, 0.2) is 35.8 Å². The molecule has 0 bridgehead atoms. The Labute approximate surface area is 125 Å². The molecular weight excluding hydrogens is 308 g/mol. The number of hydrogen-bond acceptors (Lipinski definition) is 6. The minimum Gasteiger partial charge on any atom is -0.368 e. The van der Waals surface area contributed by atoms with E-state index in [1.165, 1.54) is 11.3 Å². The van der Waals surface area contributed by atoms with Crippen molar-refractivity contribution in [2.24, 2.45) is 0 Å². The first-order valence-corrected chi connectivity index (χ1v) is 8.77. The molecule has 0 saturated heterocycles. The maximum Gasteiger partial charge on any atom is 0.229 e. The van der Waals surface area contributed by atoms with Gasteiger partial charge in [-0.25, -0.2) is 18.4 Å². The summed E-state index contributed by atoms with van der Waals surface area (Å²) in [6.07, 6.45) is 2.80. The Bertz CT molecular complexity index is 919. The lowest BCUT2D eigenvalue weighted by Gasteiger charge is -2.06. The first kappa shape index (κ1) is 13.8. The minimum atomic E-state index is -3.30. The van der Waals surface area contributed by atoms with E-state index in [2.05, 4.69) is 14.7 Å². The second kappa shape index (κ2) is 4.97. The summed E-state index contributed by atoms with van der Waals surface area (Å²) in [6.45, 7) is 0. The van der Waals surface area contributed by atoms with Crippen molar-refractivity contribution in [2.75, 3.05) is 16.7 Å². The van der Waals surface area contributed by atoms with E-state index in [-0.39, 0.29) is 5.95 Å². The van der Waals surface area contributed by atoms with E-state index in [9.17, 15) is 8.42 Å². The number of aromatic nitrogens is 2. The molecule has 1 aromatic carbocycles. The van der Waals surface area contributed by atoms with E-state index in [0.29, 0.717) is 5.69 Å². The van der Waals surface area contributed by atoms with E-state index in [1.807, 2.05) is 11.4 Å². The smallest absolute Gasteiger partial charge is 0.229 e. The zero-order valence-corrected chi connectivity index (χ0v) is 12.7. The van der Waals surface area contributed by atoms with E-state index in [0.717, 1.165) is 27.6 Å². The van der Waals surface area contributed by atoms with Crippen LogP contribution < -0.4 is 10.5 Å². The Kier molecular flexibility index (Phi) is 3.26. The monoisotopic (exact) mass is 320 g/mol. The lowest BCUT2D eigenvalue weighted by Crippen LogP contribution is -2.09. The number of sulfonamides is 1. The minimum absolute atomic E-state index is 0.215. The van der Waals surface area contributed by atoms with Gasteiger partial charge < -0.3 is 5.73 Å². The van der Waals surface area contributed by atoms with Gasteiger partial charge in [0.2, 0.25) is 16.0 Å². The molecule has 0 saturated carbocycles. The van der Waals surface area contributed by atoms with Gasteiger partial charge in [0.25, 0.3) is 0 Å². The Morgan fingerprint density at radius 2 is 2.14 bits per heavy atom. The number of nitrogens with one attached hydrogen (secondary N) is 1. The Balaban J connectivity index is 2.10. The number of benzene rings is 1. The maximum atomic E-state index is 11.3.